The second-order valence-electron chi connectivity index (χ2n) is 5.07. The number of aliphatic hydroxyl groups is 1. The van der Waals surface area contributed by atoms with Crippen molar-refractivity contribution in [1.29, 1.82) is 0 Å². The highest BCUT2D eigenvalue weighted by atomic mass is 32.2. The quantitative estimate of drug-likeness (QED) is 0.836. The van der Waals surface area contributed by atoms with Crippen LogP contribution in [0.3, 0.4) is 0 Å². The highest BCUT2D eigenvalue weighted by Crippen LogP contribution is 2.28. The fourth-order valence-electron chi connectivity index (χ4n) is 2.56. The average molecular weight is 313 g/mol. The van der Waals surface area contributed by atoms with Gasteiger partial charge in [-0.15, -0.1) is 0 Å². The van der Waals surface area contributed by atoms with Gasteiger partial charge < -0.3 is 9.84 Å². The first-order valence-electron chi connectivity index (χ1n) is 6.73. The first-order chi connectivity index (χ1) is 9.91. The van der Waals surface area contributed by atoms with E-state index < -0.39 is 22.0 Å². The predicted molar refractivity (Wildman–Crippen MR) is 76.5 cm³/mol. The fraction of sp³-hybridized carbons (Fsp3) is 0.500. The Morgan fingerprint density at radius 1 is 1.48 bits per heavy atom. The molecule has 6 nitrogen and oxygen atoms in total. The van der Waals surface area contributed by atoms with Crippen molar-refractivity contribution in [2.45, 2.75) is 30.7 Å². The molecule has 1 fully saturated rings. The normalized spacial score (nSPS) is 19.7. The molecular weight excluding hydrogens is 294 g/mol. The first kappa shape index (κ1) is 15.9. The standard InChI is InChI=1S/C14H19NO5S/c1-10-5-6-11(14(17)20-2)8-13(10)21(18,19)15-7-3-4-12(15)9-16/h5-6,8,12,16H,3-4,7,9H2,1-2H3/t12-/m0/s1. The number of esters is 1. The Morgan fingerprint density at radius 2 is 2.19 bits per heavy atom. The van der Waals surface area contributed by atoms with Crippen LogP contribution >= 0.6 is 0 Å². The van der Waals surface area contributed by atoms with Crippen LogP contribution in [-0.4, -0.2) is 50.1 Å². The minimum Gasteiger partial charge on any atom is -0.465 e. The number of nitrogens with zero attached hydrogens (tertiary/aromatic N) is 1. The lowest BCUT2D eigenvalue weighted by Crippen LogP contribution is -2.38. The Labute approximate surface area is 124 Å². The van der Waals surface area contributed by atoms with Gasteiger partial charge in [-0.1, -0.05) is 6.07 Å². The minimum absolute atomic E-state index is 0.0887. The van der Waals surface area contributed by atoms with Crippen molar-refractivity contribution in [2.24, 2.45) is 0 Å². The summed E-state index contributed by atoms with van der Waals surface area (Å²) in [5.74, 6) is -0.577. The van der Waals surface area contributed by atoms with Crippen molar-refractivity contribution in [3.63, 3.8) is 0 Å². The van der Waals surface area contributed by atoms with E-state index in [1.165, 1.54) is 23.5 Å². The number of carbonyl (C=O) groups excluding carboxylic acids is 1. The highest BCUT2D eigenvalue weighted by molar-refractivity contribution is 7.89. The number of aliphatic hydroxyl groups excluding tert-OH is 1. The van der Waals surface area contributed by atoms with Crippen molar-refractivity contribution in [1.82, 2.24) is 4.31 Å². The molecule has 0 saturated carbocycles. The van der Waals surface area contributed by atoms with Crippen LogP contribution < -0.4 is 0 Å². The Hall–Kier alpha value is -1.44. The number of hydrogen-bond acceptors (Lipinski definition) is 5. The SMILES string of the molecule is COC(=O)c1ccc(C)c(S(=O)(=O)N2CCC[C@H]2CO)c1. The molecule has 0 unspecified atom stereocenters. The second-order valence-corrected chi connectivity index (χ2v) is 6.93. The van der Waals surface area contributed by atoms with Crippen LogP contribution in [-0.2, 0) is 14.8 Å². The zero-order valence-corrected chi connectivity index (χ0v) is 12.9. The van der Waals surface area contributed by atoms with E-state index in [1.807, 2.05) is 0 Å². The maximum Gasteiger partial charge on any atom is 0.337 e. The number of carbonyl (C=O) groups is 1. The number of aryl methyl sites for hydroxylation is 1. The first-order valence-corrected chi connectivity index (χ1v) is 8.17. The van der Waals surface area contributed by atoms with Gasteiger partial charge in [-0.3, -0.25) is 0 Å². The van der Waals surface area contributed by atoms with E-state index in [9.17, 15) is 18.3 Å². The number of hydrogen-bond donors (Lipinski definition) is 1. The lowest BCUT2D eigenvalue weighted by Gasteiger charge is -2.23. The third kappa shape index (κ3) is 2.95. The molecule has 1 aliphatic rings. The van der Waals surface area contributed by atoms with Gasteiger partial charge in [0.1, 0.15) is 0 Å². The summed E-state index contributed by atoms with van der Waals surface area (Å²) >= 11 is 0. The highest BCUT2D eigenvalue weighted by Gasteiger charge is 2.35. The summed E-state index contributed by atoms with van der Waals surface area (Å²) in [6.45, 7) is 1.86. The molecule has 7 heteroatoms. The van der Waals surface area contributed by atoms with E-state index in [2.05, 4.69) is 4.74 Å². The van der Waals surface area contributed by atoms with E-state index in [0.717, 1.165) is 6.42 Å². The molecule has 116 valence electrons. The van der Waals surface area contributed by atoms with E-state index >= 15 is 0 Å². The van der Waals surface area contributed by atoms with Gasteiger partial charge in [-0.05, 0) is 37.5 Å². The fourth-order valence-corrected chi connectivity index (χ4v) is 4.49. The van der Waals surface area contributed by atoms with Crippen molar-refractivity contribution in [2.75, 3.05) is 20.3 Å². The summed E-state index contributed by atoms with van der Waals surface area (Å²) < 4.78 is 31.4. The summed E-state index contributed by atoms with van der Waals surface area (Å²) in [6.07, 6.45) is 1.37. The zero-order chi connectivity index (χ0) is 15.6. The molecule has 1 heterocycles. The molecule has 2 rings (SSSR count). The van der Waals surface area contributed by atoms with Crippen molar-refractivity contribution in [3.8, 4) is 0 Å². The van der Waals surface area contributed by atoms with E-state index in [1.54, 1.807) is 13.0 Å². The lowest BCUT2D eigenvalue weighted by atomic mass is 10.1. The molecule has 0 radical (unpaired) electrons. The molecule has 1 aliphatic heterocycles. The zero-order valence-electron chi connectivity index (χ0n) is 12.1. The van der Waals surface area contributed by atoms with Gasteiger partial charge in [0.15, 0.2) is 0 Å². The molecule has 1 aromatic carbocycles. The molecule has 0 spiro atoms. The van der Waals surface area contributed by atoms with Crippen LogP contribution in [0.15, 0.2) is 23.1 Å². The van der Waals surface area contributed by atoms with Crippen LogP contribution in [0, 0.1) is 6.92 Å². The molecule has 21 heavy (non-hydrogen) atoms. The Bertz CT molecular complexity index is 641. The van der Waals surface area contributed by atoms with Gasteiger partial charge in [0.25, 0.3) is 0 Å². The van der Waals surface area contributed by atoms with Crippen molar-refractivity contribution in [3.05, 3.63) is 29.3 Å². The maximum atomic E-state index is 12.8. The average Bonchev–Trinajstić information content (AvgIpc) is 2.96. The molecule has 1 saturated heterocycles. The number of methoxy groups -OCH3 is 1. The third-order valence-corrected chi connectivity index (χ3v) is 5.82. The van der Waals surface area contributed by atoms with Crippen LogP contribution in [0.1, 0.15) is 28.8 Å². The van der Waals surface area contributed by atoms with Crippen LogP contribution in [0.4, 0.5) is 0 Å². The number of sulfonamides is 1. The van der Waals surface area contributed by atoms with Gasteiger partial charge in [0, 0.05) is 12.6 Å². The van der Waals surface area contributed by atoms with Gasteiger partial charge in [-0.25, -0.2) is 13.2 Å². The van der Waals surface area contributed by atoms with Gasteiger partial charge in [-0.2, -0.15) is 4.31 Å². The largest absolute Gasteiger partial charge is 0.465 e. The van der Waals surface area contributed by atoms with E-state index in [0.29, 0.717) is 18.5 Å². The summed E-state index contributed by atoms with van der Waals surface area (Å²) in [4.78, 5) is 11.7. The van der Waals surface area contributed by atoms with Crippen LogP contribution in [0.5, 0.6) is 0 Å². The molecule has 0 aliphatic carbocycles. The van der Waals surface area contributed by atoms with E-state index in [4.69, 9.17) is 0 Å². The molecule has 1 atom stereocenters. The number of ether oxygens (including phenoxy) is 1. The summed E-state index contributed by atoms with van der Waals surface area (Å²) in [7, 11) is -2.48. The van der Waals surface area contributed by atoms with Crippen LogP contribution in [0.25, 0.3) is 0 Å². The Kier molecular flexibility index (Phi) is 4.65. The van der Waals surface area contributed by atoms with Gasteiger partial charge >= 0.3 is 5.97 Å². The lowest BCUT2D eigenvalue weighted by molar-refractivity contribution is 0.0600. The monoisotopic (exact) mass is 313 g/mol. The molecule has 0 amide bonds. The summed E-state index contributed by atoms with van der Waals surface area (Å²) in [5.41, 5.74) is 0.757. The maximum absolute atomic E-state index is 12.8. The smallest absolute Gasteiger partial charge is 0.337 e. The molecule has 0 aromatic heterocycles. The minimum atomic E-state index is -3.73. The second kappa shape index (κ2) is 6.13. The molecule has 1 aromatic rings. The van der Waals surface area contributed by atoms with E-state index in [-0.39, 0.29) is 17.1 Å². The topological polar surface area (TPSA) is 83.9 Å². The predicted octanol–water partition coefficient (Wildman–Crippen LogP) is 0.927. The van der Waals surface area contributed by atoms with Gasteiger partial charge in [0.2, 0.25) is 10.0 Å². The summed E-state index contributed by atoms with van der Waals surface area (Å²) in [6, 6.07) is 4.07. The third-order valence-electron chi connectivity index (χ3n) is 3.73. The number of rotatable bonds is 4. The summed E-state index contributed by atoms with van der Waals surface area (Å²) in [5, 5.41) is 9.32. The molecule has 1 N–H and O–H groups in total. The van der Waals surface area contributed by atoms with Crippen molar-refractivity contribution >= 4 is 16.0 Å². The van der Waals surface area contributed by atoms with Crippen molar-refractivity contribution < 1.29 is 23.1 Å². The number of benzene rings is 1. The Morgan fingerprint density at radius 3 is 2.81 bits per heavy atom. The van der Waals surface area contributed by atoms with Crippen LogP contribution in [0.2, 0.25) is 0 Å². The Balaban J connectivity index is 2.46. The molecular formula is C14H19NO5S. The molecule has 0 bridgehead atoms. The van der Waals surface area contributed by atoms with Gasteiger partial charge in [0.05, 0.1) is 24.2 Å².